The van der Waals surface area contributed by atoms with E-state index in [9.17, 15) is 4.79 Å². The van der Waals surface area contributed by atoms with Gasteiger partial charge in [-0.15, -0.1) is 0 Å². The van der Waals surface area contributed by atoms with Gasteiger partial charge in [-0.2, -0.15) is 0 Å². The predicted octanol–water partition coefficient (Wildman–Crippen LogP) is 1.83. The summed E-state index contributed by atoms with van der Waals surface area (Å²) in [7, 11) is 1.59. The summed E-state index contributed by atoms with van der Waals surface area (Å²) in [6, 6.07) is 5.55. The Bertz CT molecular complexity index is 612. The van der Waals surface area contributed by atoms with Gasteiger partial charge in [0.2, 0.25) is 5.91 Å². The van der Waals surface area contributed by atoms with Crippen molar-refractivity contribution >= 4 is 28.4 Å². The Hall–Kier alpha value is -1.56. The van der Waals surface area contributed by atoms with Crippen LogP contribution >= 0.6 is 11.6 Å². The maximum absolute atomic E-state index is 12.3. The van der Waals surface area contributed by atoms with Crippen LogP contribution in [0.4, 0.5) is 0 Å². The highest BCUT2D eigenvalue weighted by atomic mass is 35.5. The van der Waals surface area contributed by atoms with Crippen molar-refractivity contribution in [3.63, 3.8) is 0 Å². The molecule has 1 amide bonds. The summed E-state index contributed by atoms with van der Waals surface area (Å²) in [5.74, 6) is -0.0306. The van der Waals surface area contributed by atoms with Gasteiger partial charge < -0.3 is 19.7 Å². The van der Waals surface area contributed by atoms with E-state index in [1.165, 1.54) is 0 Å². The van der Waals surface area contributed by atoms with Crippen molar-refractivity contribution in [2.75, 3.05) is 33.4 Å². The van der Waals surface area contributed by atoms with Gasteiger partial charge >= 0.3 is 0 Å². The van der Waals surface area contributed by atoms with Gasteiger partial charge in [-0.1, -0.05) is 17.7 Å². The number of carbonyl (C=O) groups is 1. The van der Waals surface area contributed by atoms with Crippen molar-refractivity contribution in [3.05, 3.63) is 35.0 Å². The van der Waals surface area contributed by atoms with E-state index >= 15 is 0 Å². The van der Waals surface area contributed by atoms with Gasteiger partial charge in [0, 0.05) is 42.3 Å². The molecule has 2 aromatic rings. The Balaban J connectivity index is 2.12. The third kappa shape index (κ3) is 3.97. The smallest absolute Gasteiger partial charge is 0.227 e. The minimum atomic E-state index is -0.0566. The fourth-order valence-electron chi connectivity index (χ4n) is 2.26. The molecular weight excluding hydrogens is 292 g/mol. The van der Waals surface area contributed by atoms with Gasteiger partial charge in [0.05, 0.1) is 19.6 Å². The van der Waals surface area contributed by atoms with E-state index in [2.05, 4.69) is 4.98 Å². The Morgan fingerprint density at radius 2 is 2.24 bits per heavy atom. The summed E-state index contributed by atoms with van der Waals surface area (Å²) in [5, 5.41) is 10.7. The molecule has 0 aliphatic rings. The van der Waals surface area contributed by atoms with Crippen molar-refractivity contribution in [1.82, 2.24) is 9.88 Å². The van der Waals surface area contributed by atoms with E-state index in [-0.39, 0.29) is 18.9 Å². The fourth-order valence-corrected chi connectivity index (χ4v) is 2.44. The van der Waals surface area contributed by atoms with Gasteiger partial charge in [0.1, 0.15) is 0 Å². The van der Waals surface area contributed by atoms with Crippen LogP contribution in [-0.4, -0.2) is 54.3 Å². The molecule has 5 nitrogen and oxygen atoms in total. The fraction of sp³-hybridized carbons (Fsp3) is 0.400. The number of nitrogens with zero attached hydrogens (tertiary/aromatic N) is 1. The highest BCUT2D eigenvalue weighted by Gasteiger charge is 2.15. The lowest BCUT2D eigenvalue weighted by molar-refractivity contribution is -0.131. The summed E-state index contributed by atoms with van der Waals surface area (Å²) in [6.07, 6.45) is 2.11. The molecule has 0 saturated heterocycles. The Kier molecular flexibility index (Phi) is 5.61. The van der Waals surface area contributed by atoms with Crippen LogP contribution in [-0.2, 0) is 16.0 Å². The number of aromatic amines is 1. The molecule has 0 unspecified atom stereocenters. The van der Waals surface area contributed by atoms with Crippen LogP contribution in [0, 0.1) is 0 Å². The average Bonchev–Trinajstić information content (AvgIpc) is 2.85. The molecule has 114 valence electrons. The number of H-pyrrole nitrogens is 1. The Morgan fingerprint density at radius 3 is 2.95 bits per heavy atom. The molecule has 0 fully saturated rings. The second-order valence-electron chi connectivity index (χ2n) is 4.78. The van der Waals surface area contributed by atoms with E-state index in [0.717, 1.165) is 16.5 Å². The van der Waals surface area contributed by atoms with Crippen LogP contribution < -0.4 is 0 Å². The van der Waals surface area contributed by atoms with Crippen molar-refractivity contribution in [2.24, 2.45) is 0 Å². The number of nitrogens with one attached hydrogen (secondary N) is 1. The molecule has 0 aliphatic heterocycles. The first-order chi connectivity index (χ1) is 10.2. The van der Waals surface area contributed by atoms with Gasteiger partial charge in [0.25, 0.3) is 0 Å². The monoisotopic (exact) mass is 310 g/mol. The van der Waals surface area contributed by atoms with E-state index in [0.29, 0.717) is 24.7 Å². The zero-order valence-electron chi connectivity index (χ0n) is 11.9. The molecule has 0 spiro atoms. The molecule has 0 saturated carbocycles. The Morgan fingerprint density at radius 1 is 1.43 bits per heavy atom. The highest BCUT2D eigenvalue weighted by molar-refractivity contribution is 6.31. The molecule has 2 rings (SSSR count). The number of ether oxygens (including phenoxy) is 1. The van der Waals surface area contributed by atoms with Crippen LogP contribution in [0.5, 0.6) is 0 Å². The first kappa shape index (κ1) is 15.8. The van der Waals surface area contributed by atoms with Crippen LogP contribution in [0.25, 0.3) is 10.9 Å². The number of aliphatic hydroxyl groups excluding tert-OH is 1. The van der Waals surface area contributed by atoms with Gasteiger partial charge in [-0.25, -0.2) is 0 Å². The molecule has 1 aromatic carbocycles. The van der Waals surface area contributed by atoms with Crippen LogP contribution in [0.15, 0.2) is 24.4 Å². The highest BCUT2D eigenvalue weighted by Crippen LogP contribution is 2.22. The third-order valence-corrected chi connectivity index (χ3v) is 3.59. The van der Waals surface area contributed by atoms with E-state index in [1.54, 1.807) is 12.0 Å². The summed E-state index contributed by atoms with van der Waals surface area (Å²) in [5.41, 5.74) is 1.84. The maximum atomic E-state index is 12.3. The number of methoxy groups -OCH3 is 1. The summed E-state index contributed by atoms with van der Waals surface area (Å²) < 4.78 is 4.99. The zero-order chi connectivity index (χ0) is 15.2. The van der Waals surface area contributed by atoms with E-state index in [4.69, 9.17) is 21.4 Å². The topological polar surface area (TPSA) is 65.6 Å². The van der Waals surface area contributed by atoms with E-state index in [1.807, 2.05) is 24.4 Å². The largest absolute Gasteiger partial charge is 0.395 e. The maximum Gasteiger partial charge on any atom is 0.227 e. The number of fused-ring (bicyclic) bond motifs is 1. The van der Waals surface area contributed by atoms with Crippen molar-refractivity contribution in [3.8, 4) is 0 Å². The molecule has 1 heterocycles. The number of hydrogen-bond donors (Lipinski definition) is 2. The van der Waals surface area contributed by atoms with Gasteiger partial charge in [-0.05, 0) is 17.7 Å². The molecule has 1 aromatic heterocycles. The minimum Gasteiger partial charge on any atom is -0.395 e. The molecule has 0 atom stereocenters. The number of carbonyl (C=O) groups excluding carboxylic acids is 1. The molecule has 0 aliphatic carbocycles. The number of hydrogen-bond acceptors (Lipinski definition) is 3. The van der Waals surface area contributed by atoms with Crippen molar-refractivity contribution in [2.45, 2.75) is 6.42 Å². The number of rotatable bonds is 7. The lowest BCUT2D eigenvalue weighted by atomic mass is 10.1. The van der Waals surface area contributed by atoms with Crippen molar-refractivity contribution < 1.29 is 14.6 Å². The standard InChI is InChI=1S/C15H19ClN2O3/c1-21-7-5-18(4-6-19)15(20)8-11-10-17-14-9-12(16)2-3-13(11)14/h2-3,9-10,17,19H,4-8H2,1H3. The summed E-state index contributed by atoms with van der Waals surface area (Å²) in [4.78, 5) is 17.1. The van der Waals surface area contributed by atoms with Gasteiger partial charge in [0.15, 0.2) is 0 Å². The molecule has 6 heteroatoms. The third-order valence-electron chi connectivity index (χ3n) is 3.36. The molecule has 2 N–H and O–H groups in total. The van der Waals surface area contributed by atoms with Gasteiger partial charge in [-0.3, -0.25) is 4.79 Å². The number of benzene rings is 1. The molecule has 0 radical (unpaired) electrons. The van der Waals surface area contributed by atoms with Crippen LogP contribution in [0.1, 0.15) is 5.56 Å². The SMILES string of the molecule is COCCN(CCO)C(=O)Cc1c[nH]c2cc(Cl)ccc12. The predicted molar refractivity (Wildman–Crippen MR) is 82.6 cm³/mol. The second kappa shape index (κ2) is 7.45. The van der Waals surface area contributed by atoms with Crippen LogP contribution in [0.3, 0.4) is 0 Å². The van der Waals surface area contributed by atoms with Crippen molar-refractivity contribution in [1.29, 1.82) is 0 Å². The lowest BCUT2D eigenvalue weighted by Crippen LogP contribution is -2.37. The normalized spacial score (nSPS) is 11.0. The number of aromatic nitrogens is 1. The first-order valence-electron chi connectivity index (χ1n) is 6.78. The molecular formula is C15H19ClN2O3. The lowest BCUT2D eigenvalue weighted by Gasteiger charge is -2.21. The average molecular weight is 311 g/mol. The summed E-state index contributed by atoms with van der Waals surface area (Å²) in [6.45, 7) is 1.19. The number of halogens is 1. The molecule has 0 bridgehead atoms. The number of aliphatic hydroxyl groups is 1. The van der Waals surface area contributed by atoms with E-state index < -0.39 is 0 Å². The minimum absolute atomic E-state index is 0.0306. The number of amides is 1. The summed E-state index contributed by atoms with van der Waals surface area (Å²) >= 11 is 5.95. The molecule has 21 heavy (non-hydrogen) atoms. The quantitative estimate of drug-likeness (QED) is 0.820. The van der Waals surface area contributed by atoms with Crippen LogP contribution in [0.2, 0.25) is 5.02 Å². The second-order valence-corrected chi connectivity index (χ2v) is 5.21. The Labute approximate surface area is 128 Å². The zero-order valence-corrected chi connectivity index (χ0v) is 12.7. The first-order valence-corrected chi connectivity index (χ1v) is 7.16.